The number of aliphatic hydroxyl groups is 6. The summed E-state index contributed by atoms with van der Waals surface area (Å²) >= 11 is 0. The Morgan fingerprint density at radius 3 is 1.98 bits per heavy atom. The lowest BCUT2D eigenvalue weighted by molar-refractivity contribution is -0.317. The topological polar surface area (TPSA) is 177 Å². The highest BCUT2D eigenvalue weighted by atomic mass is 16.7. The van der Waals surface area contributed by atoms with Gasteiger partial charge in [0.25, 0.3) is 0 Å². The molecule has 6 aliphatic rings. The molecule has 17 atom stereocenters. The first-order valence-electron chi connectivity index (χ1n) is 17.9. The molecule has 1 aliphatic heterocycles. The number of ether oxygens (including phenoxy) is 2. The minimum Gasteiger partial charge on any atom is -0.479 e. The summed E-state index contributed by atoms with van der Waals surface area (Å²) in [7, 11) is 0. The third-order valence-corrected chi connectivity index (χ3v) is 16.3. The average molecular weight is 653 g/mol. The number of aliphatic carboxylic acids is 1. The highest BCUT2D eigenvalue weighted by Crippen LogP contribution is 2.78. The molecule has 0 radical (unpaired) electrons. The Balaban J connectivity index is 1.25. The van der Waals surface area contributed by atoms with Crippen molar-refractivity contribution in [3.63, 3.8) is 0 Å². The van der Waals surface area contributed by atoms with Gasteiger partial charge in [-0.25, -0.2) is 4.79 Å². The van der Waals surface area contributed by atoms with Crippen LogP contribution in [0.25, 0.3) is 0 Å². The second kappa shape index (κ2) is 11.3. The zero-order valence-electron chi connectivity index (χ0n) is 28.7. The van der Waals surface area contributed by atoms with Crippen LogP contribution in [0.5, 0.6) is 0 Å². The van der Waals surface area contributed by atoms with Gasteiger partial charge in [-0.15, -0.1) is 0 Å². The number of hydrogen-bond acceptors (Lipinski definition) is 9. The predicted octanol–water partition coefficient (Wildman–Crippen LogP) is 3.08. The Labute approximate surface area is 273 Å². The molecule has 5 aliphatic carbocycles. The lowest BCUT2D eigenvalue weighted by Crippen LogP contribution is -2.68. The summed E-state index contributed by atoms with van der Waals surface area (Å²) in [4.78, 5) is 12.1. The molecule has 5 saturated carbocycles. The molecule has 1 heterocycles. The fourth-order valence-electron chi connectivity index (χ4n) is 13.5. The maximum absolute atomic E-state index is 12.1. The van der Waals surface area contributed by atoms with Crippen molar-refractivity contribution in [3.05, 3.63) is 0 Å². The molecule has 6 fully saturated rings. The number of hydrogen-bond donors (Lipinski definition) is 7. The normalized spacial score (nSPS) is 56.6. The van der Waals surface area contributed by atoms with Crippen molar-refractivity contribution in [2.24, 2.45) is 56.7 Å². The lowest BCUT2D eigenvalue weighted by atomic mass is 9.31. The zero-order chi connectivity index (χ0) is 33.8. The molecule has 10 heteroatoms. The van der Waals surface area contributed by atoms with Crippen molar-refractivity contribution >= 4 is 5.97 Å². The van der Waals surface area contributed by atoms with Gasteiger partial charge in [0.15, 0.2) is 11.9 Å². The van der Waals surface area contributed by atoms with Crippen LogP contribution >= 0.6 is 0 Å². The molecule has 0 aromatic rings. The molecule has 0 unspecified atom stereocenters. The van der Waals surface area contributed by atoms with E-state index in [2.05, 4.69) is 34.6 Å². The molecule has 0 aromatic heterocycles. The van der Waals surface area contributed by atoms with E-state index in [1.54, 1.807) is 0 Å². The highest BCUT2D eigenvalue weighted by Gasteiger charge is 2.72. The van der Waals surface area contributed by atoms with Crippen LogP contribution in [0.15, 0.2) is 0 Å². The summed E-state index contributed by atoms with van der Waals surface area (Å²) in [5, 5.41) is 73.4. The molecular weight excluding hydrogens is 592 g/mol. The Hall–Kier alpha value is -0.850. The second-order valence-corrected chi connectivity index (χ2v) is 17.9. The zero-order valence-corrected chi connectivity index (χ0v) is 28.7. The Morgan fingerprint density at radius 1 is 0.783 bits per heavy atom. The first-order valence-corrected chi connectivity index (χ1v) is 17.9. The van der Waals surface area contributed by atoms with E-state index in [9.17, 15) is 40.5 Å². The average Bonchev–Trinajstić information content (AvgIpc) is 3.36. The second-order valence-electron chi connectivity index (χ2n) is 17.9. The van der Waals surface area contributed by atoms with Crippen LogP contribution in [0.1, 0.15) is 106 Å². The number of fused-ring (bicyclic) bond motifs is 7. The molecule has 0 bridgehead atoms. The molecule has 0 amide bonds. The number of carboxylic acids is 1. The molecule has 46 heavy (non-hydrogen) atoms. The summed E-state index contributed by atoms with van der Waals surface area (Å²) in [6.45, 7) is 13.0. The molecule has 264 valence electrons. The van der Waals surface area contributed by atoms with Crippen LogP contribution in [-0.4, -0.2) is 97.3 Å². The Kier molecular flexibility index (Phi) is 8.62. The predicted molar refractivity (Wildman–Crippen MR) is 168 cm³/mol. The van der Waals surface area contributed by atoms with Gasteiger partial charge in [-0.2, -0.15) is 0 Å². The van der Waals surface area contributed by atoms with E-state index in [4.69, 9.17) is 9.47 Å². The largest absolute Gasteiger partial charge is 0.479 e. The number of carbonyl (C=O) groups is 1. The van der Waals surface area contributed by atoms with Crippen LogP contribution in [0.3, 0.4) is 0 Å². The van der Waals surface area contributed by atoms with Gasteiger partial charge in [-0.3, -0.25) is 0 Å². The van der Waals surface area contributed by atoms with Crippen molar-refractivity contribution in [2.45, 2.75) is 148 Å². The maximum atomic E-state index is 12.1. The van der Waals surface area contributed by atoms with Crippen molar-refractivity contribution in [1.82, 2.24) is 0 Å². The molecule has 7 N–H and O–H groups in total. The van der Waals surface area contributed by atoms with Crippen LogP contribution in [0.2, 0.25) is 0 Å². The summed E-state index contributed by atoms with van der Waals surface area (Å²) in [6.07, 6.45) is 1.96. The number of rotatable bonds is 6. The van der Waals surface area contributed by atoms with Crippen LogP contribution in [0.4, 0.5) is 0 Å². The molecule has 1 saturated heterocycles. The van der Waals surface area contributed by atoms with E-state index >= 15 is 0 Å². The van der Waals surface area contributed by atoms with Crippen LogP contribution < -0.4 is 0 Å². The lowest BCUT2D eigenvalue weighted by Gasteiger charge is -2.73. The molecule has 6 rings (SSSR count). The fraction of sp³-hybridized carbons (Fsp3) is 0.972. The van der Waals surface area contributed by atoms with Gasteiger partial charge in [0.2, 0.25) is 0 Å². The van der Waals surface area contributed by atoms with E-state index < -0.39 is 60.4 Å². The van der Waals surface area contributed by atoms with Crippen molar-refractivity contribution in [2.75, 3.05) is 13.2 Å². The Bertz CT molecular complexity index is 1180. The third-order valence-electron chi connectivity index (χ3n) is 16.3. The van der Waals surface area contributed by atoms with E-state index in [1.165, 1.54) is 6.92 Å². The number of carboxylic acid groups (broad SMARTS) is 1. The van der Waals surface area contributed by atoms with Crippen LogP contribution in [0, 0.1) is 56.7 Å². The Morgan fingerprint density at radius 2 is 1.37 bits per heavy atom. The summed E-state index contributed by atoms with van der Waals surface area (Å²) in [5.74, 6) is -0.127. The van der Waals surface area contributed by atoms with E-state index in [-0.39, 0.29) is 46.0 Å². The van der Waals surface area contributed by atoms with Gasteiger partial charge in [-0.05, 0) is 116 Å². The number of aliphatic hydroxyl groups excluding tert-OH is 5. The summed E-state index contributed by atoms with van der Waals surface area (Å²) < 4.78 is 11.8. The standard InChI is InChI=1S/C36H60O10/c1-31-13-9-20(36(6,44)30(42)43)19(31)10-15-34(4)23(31)7-8-24-32(2)14-12-25(38)33(3,22(32)11-16-35(24,34)5)18-45-29-28(41)27(40)26(39)21(17-37)46-29/h19-29,37-41,44H,7-18H2,1-6H3,(H,42,43)/t19-,20+,21-,22+,23+,24-,25-,26+,27+,28+,29-,31-,32-,33-,34+,35-,36-/m0/s1. The van der Waals surface area contributed by atoms with Crippen LogP contribution in [-0.2, 0) is 14.3 Å². The van der Waals surface area contributed by atoms with Gasteiger partial charge >= 0.3 is 5.97 Å². The van der Waals surface area contributed by atoms with Crippen molar-refractivity contribution < 1.29 is 50.0 Å². The minimum atomic E-state index is -1.71. The molecule has 0 aromatic carbocycles. The van der Waals surface area contributed by atoms with Gasteiger partial charge in [0, 0.05) is 11.3 Å². The SMILES string of the molecule is C[C@]1(CO[C@H]2O[C@@H](CO)[C@@H](O)[C@@H](O)[C@H]2O)[C@@H]2CC[C@@]3(C)[C@@H](CC[C@@H]4[C@@]5(C)CC[C@@H]([C@](C)(O)C(=O)O)[C@@H]5CC[C@]43C)[C@@]2(C)CC[C@@H]1O. The highest BCUT2D eigenvalue weighted by molar-refractivity contribution is 5.77. The molecule has 10 nitrogen and oxygen atoms in total. The quantitative estimate of drug-likeness (QED) is 0.226. The van der Waals surface area contributed by atoms with Gasteiger partial charge in [0.1, 0.15) is 24.4 Å². The first-order chi connectivity index (χ1) is 21.3. The minimum absolute atomic E-state index is 0.0145. The van der Waals surface area contributed by atoms with E-state index in [1.807, 2.05) is 0 Å². The summed E-state index contributed by atoms with van der Waals surface area (Å²) in [6, 6.07) is 0. The monoisotopic (exact) mass is 652 g/mol. The first kappa shape index (κ1) is 35.0. The summed E-state index contributed by atoms with van der Waals surface area (Å²) in [5.41, 5.74) is -2.29. The smallest absolute Gasteiger partial charge is 0.335 e. The molecular formula is C36H60O10. The van der Waals surface area contributed by atoms with Gasteiger partial charge in [0.05, 0.1) is 19.3 Å². The van der Waals surface area contributed by atoms with Crippen molar-refractivity contribution in [3.8, 4) is 0 Å². The third kappa shape index (κ3) is 4.60. The molecule has 0 spiro atoms. The van der Waals surface area contributed by atoms with Gasteiger partial charge in [-0.1, -0.05) is 34.6 Å². The van der Waals surface area contributed by atoms with E-state index in [0.717, 1.165) is 57.8 Å². The van der Waals surface area contributed by atoms with E-state index in [0.29, 0.717) is 18.3 Å². The maximum Gasteiger partial charge on any atom is 0.335 e. The fourth-order valence-corrected chi connectivity index (χ4v) is 13.5. The van der Waals surface area contributed by atoms with Crippen molar-refractivity contribution in [1.29, 1.82) is 0 Å². The van der Waals surface area contributed by atoms with Gasteiger partial charge < -0.3 is 45.2 Å².